The molecule has 0 saturated heterocycles. The zero-order valence-electron chi connectivity index (χ0n) is 11.3. The van der Waals surface area contributed by atoms with E-state index in [9.17, 15) is 0 Å². The lowest BCUT2D eigenvalue weighted by molar-refractivity contribution is 0.366. The second-order valence-corrected chi connectivity index (χ2v) is 5.20. The van der Waals surface area contributed by atoms with E-state index in [1.807, 2.05) is 0 Å². The standard InChI is InChI=1S/C14H20N4O/c1-2-3-13-16-14(19-17-13)10-18-7-6-11(9-18)8-15-12-4-5-12/h6-7,9,12,15H,2-5,8,10H2,1H3. The molecule has 3 rings (SSSR count). The third-order valence-corrected chi connectivity index (χ3v) is 3.29. The lowest BCUT2D eigenvalue weighted by Gasteiger charge is -1.99. The van der Waals surface area contributed by atoms with Crippen LogP contribution in [0.15, 0.2) is 23.0 Å². The van der Waals surface area contributed by atoms with Crippen molar-refractivity contribution in [3.05, 3.63) is 35.7 Å². The fraction of sp³-hybridized carbons (Fsp3) is 0.571. The second kappa shape index (κ2) is 5.57. The highest BCUT2D eigenvalue weighted by molar-refractivity contribution is 5.11. The molecule has 0 unspecified atom stereocenters. The Balaban J connectivity index is 1.55. The Hall–Kier alpha value is -1.62. The van der Waals surface area contributed by atoms with E-state index in [0.29, 0.717) is 12.4 Å². The van der Waals surface area contributed by atoms with Crippen LogP contribution < -0.4 is 5.32 Å². The SMILES string of the molecule is CCCc1noc(Cn2ccc(CNC3CC3)c2)n1. The Morgan fingerprint density at radius 3 is 3.16 bits per heavy atom. The molecule has 1 saturated carbocycles. The monoisotopic (exact) mass is 260 g/mol. The van der Waals surface area contributed by atoms with Crippen LogP contribution in [0.2, 0.25) is 0 Å². The minimum atomic E-state index is 0.653. The molecule has 19 heavy (non-hydrogen) atoms. The van der Waals surface area contributed by atoms with Gasteiger partial charge in [0.15, 0.2) is 5.82 Å². The third-order valence-electron chi connectivity index (χ3n) is 3.29. The number of nitrogens with zero attached hydrogens (tertiary/aromatic N) is 3. The molecule has 5 heteroatoms. The Morgan fingerprint density at radius 2 is 2.37 bits per heavy atom. The topological polar surface area (TPSA) is 55.9 Å². The van der Waals surface area contributed by atoms with Gasteiger partial charge in [0.2, 0.25) is 5.89 Å². The van der Waals surface area contributed by atoms with Crippen LogP contribution in [0.4, 0.5) is 0 Å². The summed E-state index contributed by atoms with van der Waals surface area (Å²) in [6, 6.07) is 2.88. The van der Waals surface area contributed by atoms with Crippen molar-refractivity contribution in [1.29, 1.82) is 0 Å². The summed E-state index contributed by atoms with van der Waals surface area (Å²) in [5, 5.41) is 7.47. The van der Waals surface area contributed by atoms with E-state index in [-0.39, 0.29) is 0 Å². The summed E-state index contributed by atoms with van der Waals surface area (Å²) in [5.74, 6) is 1.49. The lowest BCUT2D eigenvalue weighted by atomic mass is 10.3. The van der Waals surface area contributed by atoms with Gasteiger partial charge < -0.3 is 14.4 Å². The van der Waals surface area contributed by atoms with E-state index in [1.54, 1.807) is 0 Å². The van der Waals surface area contributed by atoms with Crippen molar-refractivity contribution < 1.29 is 4.52 Å². The van der Waals surface area contributed by atoms with Crippen LogP contribution in [0, 0.1) is 0 Å². The first-order valence-electron chi connectivity index (χ1n) is 7.03. The van der Waals surface area contributed by atoms with Crippen molar-refractivity contribution in [3.63, 3.8) is 0 Å². The molecule has 0 aliphatic heterocycles. The minimum Gasteiger partial charge on any atom is -0.345 e. The van der Waals surface area contributed by atoms with Gasteiger partial charge in [0.1, 0.15) is 6.54 Å². The van der Waals surface area contributed by atoms with E-state index >= 15 is 0 Å². The molecule has 5 nitrogen and oxygen atoms in total. The summed E-state index contributed by atoms with van der Waals surface area (Å²) < 4.78 is 7.33. The van der Waals surface area contributed by atoms with Crippen LogP contribution in [0.3, 0.4) is 0 Å². The fourth-order valence-corrected chi connectivity index (χ4v) is 2.08. The zero-order valence-corrected chi connectivity index (χ0v) is 11.3. The quantitative estimate of drug-likeness (QED) is 0.828. The van der Waals surface area contributed by atoms with Gasteiger partial charge in [-0.25, -0.2) is 0 Å². The van der Waals surface area contributed by atoms with Gasteiger partial charge in [0, 0.05) is 31.4 Å². The summed E-state index contributed by atoms with van der Waals surface area (Å²) in [7, 11) is 0. The molecule has 2 aromatic rings. The highest BCUT2D eigenvalue weighted by Crippen LogP contribution is 2.19. The zero-order chi connectivity index (χ0) is 13.1. The summed E-state index contributed by atoms with van der Waals surface area (Å²) in [5.41, 5.74) is 1.31. The summed E-state index contributed by atoms with van der Waals surface area (Å²) >= 11 is 0. The molecule has 102 valence electrons. The molecule has 1 fully saturated rings. The molecular weight excluding hydrogens is 240 g/mol. The third kappa shape index (κ3) is 3.44. The van der Waals surface area contributed by atoms with Crippen LogP contribution in [-0.4, -0.2) is 20.7 Å². The molecule has 2 aromatic heterocycles. The fourth-order valence-electron chi connectivity index (χ4n) is 2.08. The van der Waals surface area contributed by atoms with Gasteiger partial charge in [-0.2, -0.15) is 4.98 Å². The predicted molar refractivity (Wildman–Crippen MR) is 71.7 cm³/mol. The molecule has 1 aliphatic carbocycles. The number of rotatable bonds is 7. The summed E-state index contributed by atoms with van der Waals surface area (Å²) in [4.78, 5) is 4.37. The van der Waals surface area contributed by atoms with Crippen molar-refractivity contribution in [2.45, 2.75) is 51.7 Å². The van der Waals surface area contributed by atoms with Gasteiger partial charge in [-0.05, 0) is 30.9 Å². The van der Waals surface area contributed by atoms with Crippen LogP contribution in [0.25, 0.3) is 0 Å². The summed E-state index contributed by atoms with van der Waals surface area (Å²) in [6.45, 7) is 3.71. The number of hydrogen-bond acceptors (Lipinski definition) is 4. The van der Waals surface area contributed by atoms with Gasteiger partial charge in [0.05, 0.1) is 0 Å². The van der Waals surface area contributed by atoms with Gasteiger partial charge in [0.25, 0.3) is 0 Å². The Bertz CT molecular complexity index is 527. The minimum absolute atomic E-state index is 0.653. The molecule has 0 amide bonds. The molecular formula is C14H20N4O. The molecule has 2 heterocycles. The molecule has 0 aromatic carbocycles. The van der Waals surface area contributed by atoms with E-state index in [0.717, 1.165) is 31.3 Å². The highest BCUT2D eigenvalue weighted by atomic mass is 16.5. The van der Waals surface area contributed by atoms with Crippen molar-refractivity contribution in [2.75, 3.05) is 0 Å². The van der Waals surface area contributed by atoms with Crippen molar-refractivity contribution in [3.8, 4) is 0 Å². The predicted octanol–water partition coefficient (Wildman–Crippen LogP) is 2.12. The van der Waals surface area contributed by atoms with E-state index in [1.165, 1.54) is 18.4 Å². The van der Waals surface area contributed by atoms with Crippen molar-refractivity contribution in [1.82, 2.24) is 20.0 Å². The maximum atomic E-state index is 5.24. The van der Waals surface area contributed by atoms with E-state index in [4.69, 9.17) is 4.52 Å². The van der Waals surface area contributed by atoms with E-state index < -0.39 is 0 Å². The first-order chi connectivity index (χ1) is 9.33. The second-order valence-electron chi connectivity index (χ2n) is 5.20. The number of aromatic nitrogens is 3. The van der Waals surface area contributed by atoms with Crippen LogP contribution in [-0.2, 0) is 19.5 Å². The maximum absolute atomic E-state index is 5.24. The molecule has 0 radical (unpaired) electrons. The molecule has 1 aliphatic rings. The van der Waals surface area contributed by atoms with Crippen molar-refractivity contribution in [2.24, 2.45) is 0 Å². The first kappa shape index (κ1) is 12.4. The Labute approximate surface area is 113 Å². The van der Waals surface area contributed by atoms with Crippen molar-refractivity contribution >= 4 is 0 Å². The van der Waals surface area contributed by atoms with Crippen LogP contribution in [0.5, 0.6) is 0 Å². The smallest absolute Gasteiger partial charge is 0.246 e. The number of aryl methyl sites for hydroxylation is 1. The lowest BCUT2D eigenvalue weighted by Crippen LogP contribution is -2.14. The molecule has 0 bridgehead atoms. The highest BCUT2D eigenvalue weighted by Gasteiger charge is 2.20. The number of hydrogen-bond donors (Lipinski definition) is 1. The van der Waals surface area contributed by atoms with E-state index in [2.05, 4.69) is 45.4 Å². The maximum Gasteiger partial charge on any atom is 0.246 e. The summed E-state index contributed by atoms with van der Waals surface area (Å²) in [6.07, 6.45) is 8.77. The van der Waals surface area contributed by atoms with Gasteiger partial charge in [-0.1, -0.05) is 12.1 Å². The van der Waals surface area contributed by atoms with Gasteiger partial charge in [-0.15, -0.1) is 0 Å². The normalized spacial score (nSPS) is 15.0. The largest absolute Gasteiger partial charge is 0.345 e. The van der Waals surface area contributed by atoms with Gasteiger partial charge >= 0.3 is 0 Å². The molecule has 0 spiro atoms. The molecule has 1 N–H and O–H groups in total. The first-order valence-corrected chi connectivity index (χ1v) is 7.03. The average molecular weight is 260 g/mol. The number of nitrogens with one attached hydrogen (secondary N) is 1. The van der Waals surface area contributed by atoms with Gasteiger partial charge in [-0.3, -0.25) is 0 Å². The van der Waals surface area contributed by atoms with Crippen LogP contribution in [0.1, 0.15) is 43.5 Å². The Kier molecular flexibility index (Phi) is 3.64. The Morgan fingerprint density at radius 1 is 1.47 bits per heavy atom. The van der Waals surface area contributed by atoms with Crippen LogP contribution >= 0.6 is 0 Å². The molecule has 0 atom stereocenters. The average Bonchev–Trinajstić information content (AvgIpc) is 2.97.